The number of hydrogen-bond acceptors (Lipinski definition) is 5. The molecule has 4 rings (SSSR count). The molecule has 29 heavy (non-hydrogen) atoms. The molecule has 2 aliphatic heterocycles. The lowest BCUT2D eigenvalue weighted by atomic mass is 9.89. The quantitative estimate of drug-likeness (QED) is 0.775. The van der Waals surface area contributed by atoms with Gasteiger partial charge in [-0.3, -0.25) is 4.79 Å². The van der Waals surface area contributed by atoms with Gasteiger partial charge in [-0.05, 0) is 31.0 Å². The van der Waals surface area contributed by atoms with E-state index in [0.717, 1.165) is 42.3 Å². The number of likely N-dealkylation sites (tertiary alicyclic amines) is 1. The van der Waals surface area contributed by atoms with Gasteiger partial charge in [0.15, 0.2) is 0 Å². The van der Waals surface area contributed by atoms with Gasteiger partial charge >= 0.3 is 0 Å². The summed E-state index contributed by atoms with van der Waals surface area (Å²) >= 11 is 0. The van der Waals surface area contributed by atoms with Crippen molar-refractivity contribution in [3.05, 3.63) is 53.2 Å². The molecule has 1 aromatic heterocycles. The number of carbonyl (C=O) groups excluding carboxylic acids is 1. The minimum Gasteiger partial charge on any atom is -0.375 e. The zero-order valence-corrected chi connectivity index (χ0v) is 17.1. The summed E-state index contributed by atoms with van der Waals surface area (Å²) in [6.45, 7) is 6.31. The smallest absolute Gasteiger partial charge is 0.249 e. The van der Waals surface area contributed by atoms with Gasteiger partial charge in [0, 0.05) is 50.3 Å². The van der Waals surface area contributed by atoms with Gasteiger partial charge in [0.05, 0.1) is 6.04 Å². The average Bonchev–Trinajstić information content (AvgIpc) is 3.26. The van der Waals surface area contributed by atoms with Crippen LogP contribution in [0.25, 0.3) is 0 Å². The summed E-state index contributed by atoms with van der Waals surface area (Å²) in [6, 6.07) is 6.46. The number of benzene rings is 1. The van der Waals surface area contributed by atoms with Crippen LogP contribution in [-0.4, -0.2) is 54.1 Å². The van der Waals surface area contributed by atoms with Gasteiger partial charge in [-0.2, -0.15) is 0 Å². The van der Waals surface area contributed by atoms with Crippen LogP contribution in [0.4, 0.5) is 10.2 Å². The van der Waals surface area contributed by atoms with Crippen LogP contribution in [0.2, 0.25) is 0 Å². The Morgan fingerprint density at radius 2 is 2.14 bits per heavy atom. The van der Waals surface area contributed by atoms with E-state index in [-0.39, 0.29) is 30.3 Å². The Morgan fingerprint density at radius 3 is 2.86 bits per heavy atom. The molecule has 3 heterocycles. The van der Waals surface area contributed by atoms with Crippen LogP contribution in [0.1, 0.15) is 29.9 Å². The molecule has 0 N–H and O–H groups in total. The molecular formula is C22H27FN4O2. The molecule has 1 amide bonds. The Hall–Kier alpha value is -2.54. The highest BCUT2D eigenvalue weighted by atomic mass is 19.1. The molecule has 6 nitrogen and oxygen atoms in total. The lowest BCUT2D eigenvalue weighted by Gasteiger charge is -2.30. The predicted molar refractivity (Wildman–Crippen MR) is 108 cm³/mol. The lowest BCUT2D eigenvalue weighted by molar-refractivity contribution is -0.136. The van der Waals surface area contributed by atoms with E-state index in [1.54, 1.807) is 12.1 Å². The number of anilines is 1. The Morgan fingerprint density at radius 1 is 1.31 bits per heavy atom. The highest BCUT2D eigenvalue weighted by Gasteiger charge is 2.49. The first kappa shape index (κ1) is 19.8. The van der Waals surface area contributed by atoms with Gasteiger partial charge in [0.2, 0.25) is 5.91 Å². The number of methoxy groups -OCH3 is 1. The lowest BCUT2D eigenvalue weighted by Crippen LogP contribution is -2.38. The summed E-state index contributed by atoms with van der Waals surface area (Å²) in [5.74, 6) is 1.95. The van der Waals surface area contributed by atoms with Crippen LogP contribution >= 0.6 is 0 Å². The number of amides is 1. The first-order chi connectivity index (χ1) is 14.0. The van der Waals surface area contributed by atoms with Gasteiger partial charge in [0.1, 0.15) is 24.1 Å². The molecule has 0 bridgehead atoms. The van der Waals surface area contributed by atoms with Crippen molar-refractivity contribution in [2.24, 2.45) is 11.8 Å². The highest BCUT2D eigenvalue weighted by molar-refractivity contribution is 5.78. The second-order valence-electron chi connectivity index (χ2n) is 7.93. The third kappa shape index (κ3) is 3.71. The summed E-state index contributed by atoms with van der Waals surface area (Å²) in [5, 5.41) is 0. The maximum Gasteiger partial charge on any atom is 0.249 e. The number of aryl methyl sites for hydroxylation is 2. The Bertz CT molecular complexity index is 906. The summed E-state index contributed by atoms with van der Waals surface area (Å²) in [7, 11) is 1.53. The SMILES string of the molecule is CCc1cnc(C)nc1N1C[C@@H]2CN(C(=O)COC)[C@@H](c3cccc(F)c3)[C@@H]2C1. The summed E-state index contributed by atoms with van der Waals surface area (Å²) in [5.41, 5.74) is 1.98. The van der Waals surface area contributed by atoms with E-state index in [4.69, 9.17) is 9.72 Å². The van der Waals surface area contributed by atoms with Gasteiger partial charge in [-0.15, -0.1) is 0 Å². The third-order valence-electron chi connectivity index (χ3n) is 6.09. The van der Waals surface area contributed by atoms with E-state index < -0.39 is 0 Å². The van der Waals surface area contributed by atoms with Gasteiger partial charge < -0.3 is 14.5 Å². The van der Waals surface area contributed by atoms with Gasteiger partial charge in [-0.1, -0.05) is 19.1 Å². The zero-order valence-electron chi connectivity index (χ0n) is 17.1. The van der Waals surface area contributed by atoms with Crippen molar-refractivity contribution in [2.75, 3.05) is 38.3 Å². The molecule has 3 atom stereocenters. The molecule has 0 saturated carbocycles. The first-order valence-electron chi connectivity index (χ1n) is 10.1. The fourth-order valence-corrected chi connectivity index (χ4v) is 4.80. The summed E-state index contributed by atoms with van der Waals surface area (Å²) in [4.78, 5) is 25.9. The van der Waals surface area contributed by atoms with Crippen molar-refractivity contribution >= 4 is 11.7 Å². The molecule has 2 saturated heterocycles. The topological polar surface area (TPSA) is 58.6 Å². The van der Waals surface area contributed by atoms with Crippen molar-refractivity contribution in [3.8, 4) is 0 Å². The maximum atomic E-state index is 14.0. The molecule has 7 heteroatoms. The number of carbonyl (C=O) groups is 1. The molecule has 1 aromatic carbocycles. The minimum atomic E-state index is -0.278. The number of nitrogens with zero attached hydrogens (tertiary/aromatic N) is 4. The standard InChI is InChI=1S/C22H27FN4O2/c1-4-15-9-24-14(2)25-22(15)26-10-17-11-27(20(28)13-29-3)21(19(17)12-26)16-6-5-7-18(23)8-16/h5-9,17,19,21H,4,10-13H2,1-3H3/t17-,19-,21+/m1/s1. The fourth-order valence-electron chi connectivity index (χ4n) is 4.80. The molecule has 0 unspecified atom stereocenters. The van der Waals surface area contributed by atoms with Crippen molar-refractivity contribution in [2.45, 2.75) is 26.3 Å². The molecule has 2 aromatic rings. The Balaban J connectivity index is 1.66. The maximum absolute atomic E-state index is 14.0. The number of fused-ring (bicyclic) bond motifs is 1. The van der Waals surface area contributed by atoms with E-state index >= 15 is 0 Å². The molecule has 0 aliphatic carbocycles. The Labute approximate surface area is 170 Å². The van der Waals surface area contributed by atoms with Crippen LogP contribution in [-0.2, 0) is 16.0 Å². The Kier molecular flexibility index (Phi) is 5.50. The number of rotatable bonds is 5. The van der Waals surface area contributed by atoms with Crippen LogP contribution < -0.4 is 4.90 Å². The molecule has 0 radical (unpaired) electrons. The second kappa shape index (κ2) is 8.06. The third-order valence-corrected chi connectivity index (χ3v) is 6.09. The molecule has 2 fully saturated rings. The first-order valence-corrected chi connectivity index (χ1v) is 10.1. The second-order valence-corrected chi connectivity index (χ2v) is 7.93. The molecule has 0 spiro atoms. The van der Waals surface area contributed by atoms with Gasteiger partial charge in [-0.25, -0.2) is 14.4 Å². The summed E-state index contributed by atoms with van der Waals surface area (Å²) < 4.78 is 19.1. The highest BCUT2D eigenvalue weighted by Crippen LogP contribution is 2.46. The van der Waals surface area contributed by atoms with Crippen molar-refractivity contribution in [3.63, 3.8) is 0 Å². The van der Waals surface area contributed by atoms with E-state index in [9.17, 15) is 9.18 Å². The average molecular weight is 398 g/mol. The van der Waals surface area contributed by atoms with Gasteiger partial charge in [0.25, 0.3) is 0 Å². The molecule has 2 aliphatic rings. The van der Waals surface area contributed by atoms with E-state index in [0.29, 0.717) is 12.5 Å². The van der Waals surface area contributed by atoms with Crippen molar-refractivity contribution in [1.82, 2.24) is 14.9 Å². The number of aromatic nitrogens is 2. The summed E-state index contributed by atoms with van der Waals surface area (Å²) in [6.07, 6.45) is 2.78. The van der Waals surface area contributed by atoms with Crippen LogP contribution in [0.3, 0.4) is 0 Å². The zero-order chi connectivity index (χ0) is 20.5. The van der Waals surface area contributed by atoms with Crippen LogP contribution in [0.15, 0.2) is 30.5 Å². The fraction of sp³-hybridized carbons (Fsp3) is 0.500. The molecular weight excluding hydrogens is 371 g/mol. The van der Waals surface area contributed by atoms with Crippen molar-refractivity contribution in [1.29, 1.82) is 0 Å². The molecule has 154 valence electrons. The van der Waals surface area contributed by atoms with E-state index in [1.165, 1.54) is 13.2 Å². The number of ether oxygens (including phenoxy) is 1. The number of halogens is 1. The minimum absolute atomic E-state index is 0.0417. The van der Waals surface area contributed by atoms with Crippen LogP contribution in [0.5, 0.6) is 0 Å². The van der Waals surface area contributed by atoms with Crippen LogP contribution in [0, 0.1) is 24.6 Å². The van der Waals surface area contributed by atoms with Crippen molar-refractivity contribution < 1.29 is 13.9 Å². The largest absolute Gasteiger partial charge is 0.375 e. The predicted octanol–water partition coefficient (Wildman–Crippen LogP) is 2.77. The number of hydrogen-bond donors (Lipinski definition) is 0. The monoisotopic (exact) mass is 398 g/mol. The normalized spacial score (nSPS) is 23.5. The van der Waals surface area contributed by atoms with E-state index in [1.807, 2.05) is 24.1 Å². The van der Waals surface area contributed by atoms with E-state index in [2.05, 4.69) is 16.8 Å².